The smallest absolute Gasteiger partial charge is 0.0413 e. The molecular formula is C11H24N2. The molecule has 0 heterocycles. The van der Waals surface area contributed by atoms with Crippen molar-refractivity contribution in [3.63, 3.8) is 0 Å². The average molecular weight is 184 g/mol. The lowest BCUT2D eigenvalue weighted by Gasteiger charge is -2.10. The number of hydrogen-bond acceptors (Lipinski definition) is 2. The molecule has 2 nitrogen and oxygen atoms in total. The van der Waals surface area contributed by atoms with E-state index in [9.17, 15) is 0 Å². The Balaban J connectivity index is 3.46. The Labute approximate surface area is 82.6 Å². The van der Waals surface area contributed by atoms with E-state index in [1.54, 1.807) is 0 Å². The molecule has 2 N–H and O–H groups in total. The standard InChI is InChI=1S/C11H24N2/c1-3-5-7-11(4-2)10-13-9-6-8-12/h9,11H,3-8,10,12H2,1-2H3. The molecule has 0 rings (SSSR count). The third-order valence-corrected chi connectivity index (χ3v) is 2.33. The Morgan fingerprint density at radius 2 is 2.15 bits per heavy atom. The van der Waals surface area contributed by atoms with Gasteiger partial charge in [0, 0.05) is 6.54 Å². The fraction of sp³-hybridized carbons (Fsp3) is 0.909. The molecule has 2 heteroatoms. The summed E-state index contributed by atoms with van der Waals surface area (Å²) < 4.78 is 0. The third-order valence-electron chi connectivity index (χ3n) is 2.33. The van der Waals surface area contributed by atoms with E-state index in [2.05, 4.69) is 18.8 Å². The summed E-state index contributed by atoms with van der Waals surface area (Å²) >= 11 is 0. The molecule has 0 saturated carbocycles. The maximum absolute atomic E-state index is 5.37. The fourth-order valence-corrected chi connectivity index (χ4v) is 1.31. The summed E-state index contributed by atoms with van der Waals surface area (Å²) in [5.41, 5.74) is 5.37. The highest BCUT2D eigenvalue weighted by Gasteiger charge is 2.02. The minimum atomic E-state index is 0.718. The molecule has 0 aromatic carbocycles. The molecule has 1 unspecified atom stereocenters. The second-order valence-electron chi connectivity index (χ2n) is 3.54. The molecule has 0 amide bonds. The van der Waals surface area contributed by atoms with Crippen molar-refractivity contribution in [1.82, 2.24) is 0 Å². The number of aliphatic imine (C=N–C) groups is 1. The summed E-state index contributed by atoms with van der Waals surface area (Å²) in [6.07, 6.45) is 8.10. The van der Waals surface area contributed by atoms with Crippen molar-refractivity contribution in [1.29, 1.82) is 0 Å². The van der Waals surface area contributed by atoms with Crippen molar-refractivity contribution in [2.24, 2.45) is 16.6 Å². The molecule has 0 aromatic heterocycles. The van der Waals surface area contributed by atoms with Crippen molar-refractivity contribution in [3.8, 4) is 0 Å². The van der Waals surface area contributed by atoms with Crippen LogP contribution in [0.2, 0.25) is 0 Å². The van der Waals surface area contributed by atoms with Gasteiger partial charge in [0.25, 0.3) is 0 Å². The number of nitrogens with two attached hydrogens (primary N) is 1. The first-order chi connectivity index (χ1) is 6.35. The van der Waals surface area contributed by atoms with Crippen molar-refractivity contribution < 1.29 is 0 Å². The Morgan fingerprint density at radius 3 is 2.69 bits per heavy atom. The monoisotopic (exact) mass is 184 g/mol. The first-order valence-corrected chi connectivity index (χ1v) is 5.53. The van der Waals surface area contributed by atoms with Crippen LogP contribution in [0.5, 0.6) is 0 Å². The lowest BCUT2D eigenvalue weighted by Crippen LogP contribution is -2.04. The number of unbranched alkanes of at least 4 members (excludes halogenated alkanes) is 1. The van der Waals surface area contributed by atoms with E-state index in [0.717, 1.165) is 25.4 Å². The van der Waals surface area contributed by atoms with Gasteiger partial charge in [0.15, 0.2) is 0 Å². The first kappa shape index (κ1) is 12.6. The number of nitrogens with zero attached hydrogens (tertiary/aromatic N) is 1. The van der Waals surface area contributed by atoms with Crippen molar-refractivity contribution in [2.75, 3.05) is 13.1 Å². The van der Waals surface area contributed by atoms with Gasteiger partial charge < -0.3 is 5.73 Å². The minimum absolute atomic E-state index is 0.718. The number of hydrogen-bond donors (Lipinski definition) is 1. The molecule has 0 radical (unpaired) electrons. The van der Waals surface area contributed by atoms with Gasteiger partial charge >= 0.3 is 0 Å². The predicted molar refractivity (Wildman–Crippen MR) is 60.3 cm³/mol. The van der Waals surface area contributed by atoms with Gasteiger partial charge in [-0.1, -0.05) is 33.1 Å². The molecule has 0 aromatic rings. The number of rotatable bonds is 8. The Hall–Kier alpha value is -0.370. The van der Waals surface area contributed by atoms with E-state index in [0.29, 0.717) is 0 Å². The fourth-order valence-electron chi connectivity index (χ4n) is 1.31. The van der Waals surface area contributed by atoms with Crippen LogP contribution >= 0.6 is 0 Å². The van der Waals surface area contributed by atoms with E-state index in [-0.39, 0.29) is 0 Å². The van der Waals surface area contributed by atoms with Gasteiger partial charge in [-0.05, 0) is 31.5 Å². The highest BCUT2D eigenvalue weighted by atomic mass is 14.7. The second kappa shape index (κ2) is 9.72. The highest BCUT2D eigenvalue weighted by Crippen LogP contribution is 2.12. The van der Waals surface area contributed by atoms with Crippen LogP contribution < -0.4 is 5.73 Å². The van der Waals surface area contributed by atoms with Crippen LogP contribution in [-0.2, 0) is 0 Å². The zero-order valence-electron chi connectivity index (χ0n) is 9.13. The van der Waals surface area contributed by atoms with Crippen LogP contribution in [-0.4, -0.2) is 19.3 Å². The van der Waals surface area contributed by atoms with Crippen LogP contribution in [0.1, 0.15) is 46.0 Å². The normalized spacial score (nSPS) is 13.8. The van der Waals surface area contributed by atoms with Gasteiger partial charge in [0.2, 0.25) is 0 Å². The van der Waals surface area contributed by atoms with Crippen LogP contribution in [0.4, 0.5) is 0 Å². The Bertz CT molecular complexity index is 121. The summed E-state index contributed by atoms with van der Waals surface area (Å²) in [7, 11) is 0. The van der Waals surface area contributed by atoms with Crippen LogP contribution in [0.15, 0.2) is 4.99 Å². The molecule has 0 saturated heterocycles. The maximum atomic E-state index is 5.37. The second-order valence-corrected chi connectivity index (χ2v) is 3.54. The zero-order chi connectivity index (χ0) is 9.94. The molecule has 0 bridgehead atoms. The van der Waals surface area contributed by atoms with E-state index < -0.39 is 0 Å². The lowest BCUT2D eigenvalue weighted by molar-refractivity contribution is 0.463. The summed E-state index contributed by atoms with van der Waals surface area (Å²) in [6.45, 7) is 6.20. The van der Waals surface area contributed by atoms with E-state index >= 15 is 0 Å². The average Bonchev–Trinajstić information content (AvgIpc) is 2.17. The van der Waals surface area contributed by atoms with Crippen LogP contribution in [0.25, 0.3) is 0 Å². The van der Waals surface area contributed by atoms with E-state index in [1.807, 2.05) is 6.21 Å². The molecule has 78 valence electrons. The molecule has 0 aliphatic carbocycles. The third kappa shape index (κ3) is 7.97. The van der Waals surface area contributed by atoms with Gasteiger partial charge in [-0.25, -0.2) is 0 Å². The molecule has 0 spiro atoms. The van der Waals surface area contributed by atoms with Crippen molar-refractivity contribution in [2.45, 2.75) is 46.0 Å². The molecule has 0 fully saturated rings. The lowest BCUT2D eigenvalue weighted by atomic mass is 10.00. The highest BCUT2D eigenvalue weighted by molar-refractivity contribution is 5.57. The Morgan fingerprint density at radius 1 is 1.38 bits per heavy atom. The molecule has 0 aliphatic heterocycles. The molecule has 1 atom stereocenters. The quantitative estimate of drug-likeness (QED) is 0.579. The maximum Gasteiger partial charge on any atom is 0.0413 e. The van der Waals surface area contributed by atoms with Gasteiger partial charge in [0.05, 0.1) is 0 Å². The summed E-state index contributed by atoms with van der Waals surface area (Å²) in [5.74, 6) is 0.786. The van der Waals surface area contributed by atoms with Crippen LogP contribution in [0.3, 0.4) is 0 Å². The van der Waals surface area contributed by atoms with Gasteiger partial charge in [-0.2, -0.15) is 0 Å². The summed E-state index contributed by atoms with van der Waals surface area (Å²) in [6, 6.07) is 0. The molecule has 13 heavy (non-hydrogen) atoms. The van der Waals surface area contributed by atoms with Crippen LogP contribution in [0, 0.1) is 5.92 Å². The van der Waals surface area contributed by atoms with Crippen molar-refractivity contribution in [3.05, 3.63) is 0 Å². The van der Waals surface area contributed by atoms with Gasteiger partial charge in [-0.15, -0.1) is 0 Å². The molecular weight excluding hydrogens is 160 g/mol. The Kier molecular flexibility index (Phi) is 9.44. The van der Waals surface area contributed by atoms with Crippen molar-refractivity contribution >= 4 is 6.21 Å². The SMILES string of the molecule is CCCCC(CC)CN=CCCN. The summed E-state index contributed by atoms with van der Waals surface area (Å²) in [4.78, 5) is 4.38. The molecule has 0 aliphatic rings. The van der Waals surface area contributed by atoms with Gasteiger partial charge in [0.1, 0.15) is 0 Å². The van der Waals surface area contributed by atoms with E-state index in [1.165, 1.54) is 25.7 Å². The zero-order valence-corrected chi connectivity index (χ0v) is 9.13. The predicted octanol–water partition coefficient (Wildman–Crippen LogP) is 2.62. The first-order valence-electron chi connectivity index (χ1n) is 5.53. The van der Waals surface area contributed by atoms with Gasteiger partial charge in [-0.3, -0.25) is 4.99 Å². The summed E-state index contributed by atoms with van der Waals surface area (Å²) in [5, 5.41) is 0. The topological polar surface area (TPSA) is 38.4 Å². The largest absolute Gasteiger partial charge is 0.330 e. The van der Waals surface area contributed by atoms with E-state index in [4.69, 9.17) is 5.73 Å². The minimum Gasteiger partial charge on any atom is -0.330 e.